The molecule has 0 fully saturated rings. The maximum atomic E-state index is 10.6. The first-order valence-corrected chi connectivity index (χ1v) is 9.87. The molecule has 1 aliphatic heterocycles. The van der Waals surface area contributed by atoms with E-state index < -0.39 is 0 Å². The highest BCUT2D eigenvalue weighted by atomic mass is 16.5. The standard InChI is InChI=1S/C24H21N5O2/c1-31-18-11-12-19-20(13-18)28-24(27-19)22-21(30)14-29(23(22)25)17-9-7-16(8-10-17)26-15-5-3-2-4-6-15/h2-13,25-26,30H,14H2,1H3,(H,27,28). The summed E-state index contributed by atoms with van der Waals surface area (Å²) in [4.78, 5) is 9.50. The van der Waals surface area contributed by atoms with Crippen LogP contribution in [0.3, 0.4) is 0 Å². The predicted octanol–water partition coefficient (Wildman–Crippen LogP) is 5.08. The van der Waals surface area contributed by atoms with Gasteiger partial charge in [0.25, 0.3) is 0 Å². The van der Waals surface area contributed by atoms with Crippen molar-refractivity contribution in [2.45, 2.75) is 0 Å². The first-order valence-electron chi connectivity index (χ1n) is 9.87. The number of aromatic nitrogens is 2. The van der Waals surface area contributed by atoms with Gasteiger partial charge < -0.3 is 25.0 Å². The summed E-state index contributed by atoms with van der Waals surface area (Å²) in [5.74, 6) is 1.50. The topological polar surface area (TPSA) is 97.3 Å². The minimum absolute atomic E-state index is 0.113. The Labute approximate surface area is 179 Å². The third kappa shape index (κ3) is 3.46. The molecule has 5 rings (SSSR count). The Bertz CT molecular complexity index is 1290. The fourth-order valence-electron chi connectivity index (χ4n) is 3.70. The van der Waals surface area contributed by atoms with Crippen LogP contribution in [0.25, 0.3) is 16.6 Å². The van der Waals surface area contributed by atoms with Crippen molar-refractivity contribution in [2.24, 2.45) is 0 Å². The van der Waals surface area contributed by atoms with E-state index in [1.54, 1.807) is 12.0 Å². The van der Waals surface area contributed by atoms with E-state index in [-0.39, 0.29) is 18.1 Å². The van der Waals surface area contributed by atoms with Crippen LogP contribution in [0.1, 0.15) is 5.82 Å². The van der Waals surface area contributed by atoms with Crippen LogP contribution in [0.4, 0.5) is 17.1 Å². The van der Waals surface area contributed by atoms with Gasteiger partial charge in [0.15, 0.2) is 0 Å². The van der Waals surface area contributed by atoms with E-state index in [9.17, 15) is 5.11 Å². The Balaban J connectivity index is 1.38. The summed E-state index contributed by atoms with van der Waals surface area (Å²) in [5.41, 5.74) is 4.72. The summed E-state index contributed by atoms with van der Waals surface area (Å²) < 4.78 is 5.26. The Morgan fingerprint density at radius 1 is 1.03 bits per heavy atom. The minimum Gasteiger partial charge on any atom is -0.509 e. The molecule has 1 aromatic heterocycles. The number of para-hydroxylation sites is 1. The quantitative estimate of drug-likeness (QED) is 0.367. The fourth-order valence-corrected chi connectivity index (χ4v) is 3.70. The van der Waals surface area contributed by atoms with E-state index in [1.165, 1.54) is 0 Å². The van der Waals surface area contributed by atoms with Gasteiger partial charge in [0.2, 0.25) is 0 Å². The average Bonchev–Trinajstić information content (AvgIpc) is 3.34. The van der Waals surface area contributed by atoms with Gasteiger partial charge in [-0.2, -0.15) is 0 Å². The zero-order valence-corrected chi connectivity index (χ0v) is 16.9. The molecule has 0 aliphatic carbocycles. The molecule has 4 aromatic rings. The highest BCUT2D eigenvalue weighted by Crippen LogP contribution is 2.32. The van der Waals surface area contributed by atoms with E-state index >= 15 is 0 Å². The first kappa shape index (κ1) is 18.7. The molecule has 4 N–H and O–H groups in total. The number of rotatable bonds is 5. The van der Waals surface area contributed by atoms with Crippen molar-refractivity contribution in [1.29, 1.82) is 5.41 Å². The Kier molecular flexibility index (Phi) is 4.55. The molecular formula is C24H21N5O2. The molecule has 0 radical (unpaired) electrons. The summed E-state index contributed by atoms with van der Waals surface area (Å²) in [7, 11) is 1.61. The van der Waals surface area contributed by atoms with Crippen LogP contribution in [-0.2, 0) is 0 Å². The van der Waals surface area contributed by atoms with E-state index in [2.05, 4.69) is 15.3 Å². The van der Waals surface area contributed by atoms with Crippen molar-refractivity contribution < 1.29 is 9.84 Å². The highest BCUT2D eigenvalue weighted by Gasteiger charge is 2.31. The summed E-state index contributed by atoms with van der Waals surface area (Å²) in [6, 6.07) is 23.2. The summed E-state index contributed by atoms with van der Waals surface area (Å²) in [5, 5.41) is 22.6. The third-order valence-electron chi connectivity index (χ3n) is 5.27. The molecule has 2 heterocycles. The number of hydrogen-bond acceptors (Lipinski definition) is 5. The molecule has 154 valence electrons. The van der Waals surface area contributed by atoms with Gasteiger partial charge in [0, 0.05) is 23.1 Å². The van der Waals surface area contributed by atoms with Crippen molar-refractivity contribution in [3.8, 4) is 5.75 Å². The maximum Gasteiger partial charge on any atom is 0.145 e. The Morgan fingerprint density at radius 2 is 1.77 bits per heavy atom. The molecule has 31 heavy (non-hydrogen) atoms. The SMILES string of the molecule is COc1ccc2nc(C3=C(O)CN(c4ccc(Nc5ccccc5)cc4)C3=N)[nH]c2c1. The lowest BCUT2D eigenvalue weighted by molar-refractivity contribution is 0.411. The molecule has 7 heteroatoms. The van der Waals surface area contributed by atoms with Gasteiger partial charge in [-0.05, 0) is 48.5 Å². The molecule has 0 saturated carbocycles. The number of benzene rings is 3. The summed E-state index contributed by atoms with van der Waals surface area (Å²) in [6.07, 6.45) is 0. The van der Waals surface area contributed by atoms with E-state index in [4.69, 9.17) is 10.1 Å². The maximum absolute atomic E-state index is 10.6. The minimum atomic E-state index is 0.113. The normalized spacial score (nSPS) is 13.8. The summed E-state index contributed by atoms with van der Waals surface area (Å²) >= 11 is 0. The van der Waals surface area contributed by atoms with Gasteiger partial charge in [-0.25, -0.2) is 4.98 Å². The van der Waals surface area contributed by atoms with Gasteiger partial charge in [-0.15, -0.1) is 0 Å². The number of H-pyrrole nitrogens is 1. The zero-order chi connectivity index (χ0) is 21.4. The van der Waals surface area contributed by atoms with Crippen LogP contribution in [0.2, 0.25) is 0 Å². The van der Waals surface area contributed by atoms with Gasteiger partial charge in [-0.3, -0.25) is 5.41 Å². The fraction of sp³-hybridized carbons (Fsp3) is 0.0833. The summed E-state index contributed by atoms with van der Waals surface area (Å²) in [6.45, 7) is 0.222. The number of aliphatic hydroxyl groups is 1. The number of ether oxygens (including phenoxy) is 1. The second-order valence-corrected chi connectivity index (χ2v) is 7.26. The van der Waals surface area contributed by atoms with Crippen LogP contribution in [0.5, 0.6) is 5.75 Å². The third-order valence-corrected chi connectivity index (χ3v) is 5.27. The first-order chi connectivity index (χ1) is 15.1. The molecule has 0 unspecified atom stereocenters. The van der Waals surface area contributed by atoms with Gasteiger partial charge >= 0.3 is 0 Å². The number of imidazole rings is 1. The Morgan fingerprint density at radius 3 is 2.52 bits per heavy atom. The predicted molar refractivity (Wildman–Crippen MR) is 123 cm³/mol. The van der Waals surface area contributed by atoms with Crippen molar-refractivity contribution in [3.05, 3.63) is 84.4 Å². The molecule has 3 aromatic carbocycles. The zero-order valence-electron chi connectivity index (χ0n) is 16.9. The lowest BCUT2D eigenvalue weighted by Gasteiger charge is -2.19. The van der Waals surface area contributed by atoms with Crippen molar-refractivity contribution in [1.82, 2.24) is 9.97 Å². The van der Waals surface area contributed by atoms with Gasteiger partial charge in [0.1, 0.15) is 23.2 Å². The van der Waals surface area contributed by atoms with E-state index in [1.807, 2.05) is 72.8 Å². The monoisotopic (exact) mass is 411 g/mol. The second kappa shape index (κ2) is 7.53. The highest BCUT2D eigenvalue weighted by molar-refractivity contribution is 6.30. The molecule has 0 saturated heterocycles. The lowest BCUT2D eigenvalue weighted by atomic mass is 10.2. The number of aromatic amines is 1. The van der Waals surface area contributed by atoms with E-state index in [0.717, 1.165) is 28.1 Å². The van der Waals surface area contributed by atoms with Crippen LogP contribution in [-0.4, -0.2) is 34.6 Å². The van der Waals surface area contributed by atoms with Crippen LogP contribution in [0, 0.1) is 5.41 Å². The molecule has 0 atom stereocenters. The number of fused-ring (bicyclic) bond motifs is 1. The Hall–Kier alpha value is -4.26. The number of aliphatic hydroxyl groups excluding tert-OH is 1. The van der Waals surface area contributed by atoms with Crippen molar-refractivity contribution >= 4 is 39.5 Å². The van der Waals surface area contributed by atoms with Crippen LogP contribution < -0.4 is 15.0 Å². The average molecular weight is 411 g/mol. The number of anilines is 3. The lowest BCUT2D eigenvalue weighted by Crippen LogP contribution is -2.26. The van der Waals surface area contributed by atoms with Crippen LogP contribution >= 0.6 is 0 Å². The molecule has 0 bridgehead atoms. The number of amidine groups is 1. The molecular weight excluding hydrogens is 390 g/mol. The van der Waals surface area contributed by atoms with Crippen molar-refractivity contribution in [2.75, 3.05) is 23.9 Å². The number of nitrogens with one attached hydrogen (secondary N) is 3. The van der Waals surface area contributed by atoms with Crippen molar-refractivity contribution in [3.63, 3.8) is 0 Å². The van der Waals surface area contributed by atoms with Crippen LogP contribution in [0.15, 0.2) is 78.6 Å². The largest absolute Gasteiger partial charge is 0.509 e. The van der Waals surface area contributed by atoms with Gasteiger partial charge in [-0.1, -0.05) is 18.2 Å². The smallest absolute Gasteiger partial charge is 0.145 e. The number of nitrogens with zero attached hydrogens (tertiary/aromatic N) is 2. The molecule has 0 spiro atoms. The number of hydrogen-bond donors (Lipinski definition) is 4. The molecule has 7 nitrogen and oxygen atoms in total. The van der Waals surface area contributed by atoms with Gasteiger partial charge in [0.05, 0.1) is 30.3 Å². The van der Waals surface area contributed by atoms with E-state index in [0.29, 0.717) is 17.1 Å². The second-order valence-electron chi connectivity index (χ2n) is 7.26. The molecule has 0 amide bonds. The molecule has 1 aliphatic rings. The number of methoxy groups -OCH3 is 1.